The molecule has 3 fully saturated rings. The molecule has 1 saturated carbocycles. The molecule has 20 heavy (non-hydrogen) atoms. The SMILES string of the molecule is COC[C@@H]1CCC2(CCN(C(=O)C3CCC3)CC2)N1C. The van der Waals surface area contributed by atoms with Crippen molar-refractivity contribution in [2.75, 3.05) is 33.9 Å². The lowest BCUT2D eigenvalue weighted by Crippen LogP contribution is -2.55. The third-order valence-electron chi connectivity index (χ3n) is 6.06. The molecule has 1 spiro atoms. The van der Waals surface area contributed by atoms with Gasteiger partial charge in [0.2, 0.25) is 5.91 Å². The van der Waals surface area contributed by atoms with E-state index in [2.05, 4.69) is 16.8 Å². The molecule has 0 N–H and O–H groups in total. The Bertz CT molecular complexity index is 359. The van der Waals surface area contributed by atoms with Gasteiger partial charge in [0.25, 0.3) is 0 Å². The molecular weight excluding hydrogens is 252 g/mol. The first kappa shape index (κ1) is 14.3. The van der Waals surface area contributed by atoms with Crippen molar-refractivity contribution in [2.45, 2.75) is 56.5 Å². The predicted octanol–water partition coefficient (Wildman–Crippen LogP) is 1.89. The number of carbonyl (C=O) groups excluding carboxylic acids is 1. The number of hydrogen-bond donors (Lipinski definition) is 0. The summed E-state index contributed by atoms with van der Waals surface area (Å²) in [4.78, 5) is 17.0. The van der Waals surface area contributed by atoms with Gasteiger partial charge in [0.1, 0.15) is 0 Å². The average molecular weight is 280 g/mol. The van der Waals surface area contributed by atoms with Crippen LogP contribution in [0.3, 0.4) is 0 Å². The van der Waals surface area contributed by atoms with E-state index in [0.717, 1.165) is 45.4 Å². The van der Waals surface area contributed by atoms with Crippen molar-refractivity contribution in [3.63, 3.8) is 0 Å². The van der Waals surface area contributed by atoms with E-state index in [4.69, 9.17) is 4.74 Å². The van der Waals surface area contributed by atoms with Crippen LogP contribution in [0, 0.1) is 5.92 Å². The van der Waals surface area contributed by atoms with Crippen LogP contribution in [-0.4, -0.2) is 61.1 Å². The fraction of sp³-hybridized carbons (Fsp3) is 0.938. The standard InChI is InChI=1S/C16H28N2O2/c1-17-14(12-20-2)6-7-16(17)8-10-18(11-9-16)15(19)13-4-3-5-13/h13-14H,3-12H2,1-2H3/t14-/m0/s1. The quantitative estimate of drug-likeness (QED) is 0.791. The lowest BCUT2D eigenvalue weighted by Gasteiger charge is -2.46. The van der Waals surface area contributed by atoms with Crippen LogP contribution < -0.4 is 0 Å². The Morgan fingerprint density at radius 3 is 2.45 bits per heavy atom. The lowest BCUT2D eigenvalue weighted by molar-refractivity contribution is -0.140. The summed E-state index contributed by atoms with van der Waals surface area (Å²) in [5.74, 6) is 0.784. The van der Waals surface area contributed by atoms with Crippen molar-refractivity contribution >= 4 is 5.91 Å². The first-order chi connectivity index (χ1) is 9.66. The molecule has 2 heterocycles. The summed E-state index contributed by atoms with van der Waals surface area (Å²) in [6, 6.07) is 0.564. The fourth-order valence-electron chi connectivity index (χ4n) is 4.24. The van der Waals surface area contributed by atoms with Crippen LogP contribution in [0.2, 0.25) is 0 Å². The largest absolute Gasteiger partial charge is 0.383 e. The number of ether oxygens (including phenoxy) is 1. The fourth-order valence-corrected chi connectivity index (χ4v) is 4.24. The zero-order chi connectivity index (χ0) is 14.2. The smallest absolute Gasteiger partial charge is 0.225 e. The Hall–Kier alpha value is -0.610. The molecule has 2 aliphatic heterocycles. The van der Waals surface area contributed by atoms with Crippen LogP contribution in [0.4, 0.5) is 0 Å². The molecular formula is C16H28N2O2. The summed E-state index contributed by atoms with van der Waals surface area (Å²) in [5, 5.41) is 0. The highest BCUT2D eigenvalue weighted by atomic mass is 16.5. The van der Waals surface area contributed by atoms with Gasteiger partial charge in [-0.3, -0.25) is 9.69 Å². The highest BCUT2D eigenvalue weighted by Crippen LogP contribution is 2.41. The van der Waals surface area contributed by atoms with E-state index in [1.807, 2.05) is 0 Å². The second-order valence-corrected chi connectivity index (χ2v) is 6.94. The van der Waals surface area contributed by atoms with Crippen molar-refractivity contribution in [3.05, 3.63) is 0 Å². The maximum Gasteiger partial charge on any atom is 0.225 e. The molecule has 0 aromatic heterocycles. The number of likely N-dealkylation sites (tertiary alicyclic amines) is 2. The molecule has 4 nitrogen and oxygen atoms in total. The van der Waals surface area contributed by atoms with Crippen LogP contribution >= 0.6 is 0 Å². The van der Waals surface area contributed by atoms with Gasteiger partial charge in [0.15, 0.2) is 0 Å². The zero-order valence-corrected chi connectivity index (χ0v) is 12.9. The summed E-state index contributed by atoms with van der Waals surface area (Å²) < 4.78 is 5.34. The number of methoxy groups -OCH3 is 1. The minimum atomic E-state index is 0.333. The first-order valence-corrected chi connectivity index (χ1v) is 8.17. The Kier molecular flexibility index (Phi) is 4.04. The van der Waals surface area contributed by atoms with Gasteiger partial charge < -0.3 is 9.64 Å². The minimum Gasteiger partial charge on any atom is -0.383 e. The Balaban J connectivity index is 1.56. The number of piperidine rings is 1. The summed E-state index contributed by atoms with van der Waals surface area (Å²) in [7, 11) is 4.04. The van der Waals surface area contributed by atoms with E-state index < -0.39 is 0 Å². The number of carbonyl (C=O) groups is 1. The molecule has 114 valence electrons. The second kappa shape index (κ2) is 5.64. The van der Waals surface area contributed by atoms with Crippen molar-refractivity contribution in [3.8, 4) is 0 Å². The van der Waals surface area contributed by atoms with Gasteiger partial charge >= 0.3 is 0 Å². The molecule has 2 saturated heterocycles. The molecule has 0 unspecified atom stereocenters. The van der Waals surface area contributed by atoms with E-state index in [0.29, 0.717) is 23.4 Å². The Morgan fingerprint density at radius 2 is 1.90 bits per heavy atom. The van der Waals surface area contributed by atoms with Crippen LogP contribution in [0.15, 0.2) is 0 Å². The van der Waals surface area contributed by atoms with Crippen molar-refractivity contribution < 1.29 is 9.53 Å². The van der Waals surface area contributed by atoms with Crippen LogP contribution in [0.5, 0.6) is 0 Å². The summed E-state index contributed by atoms with van der Waals surface area (Å²) in [5.41, 5.74) is 0.333. The van der Waals surface area contributed by atoms with E-state index in [1.54, 1.807) is 7.11 Å². The summed E-state index contributed by atoms with van der Waals surface area (Å²) >= 11 is 0. The van der Waals surface area contributed by atoms with Crippen LogP contribution in [-0.2, 0) is 9.53 Å². The average Bonchev–Trinajstić information content (AvgIpc) is 2.68. The van der Waals surface area contributed by atoms with Gasteiger partial charge in [0, 0.05) is 37.7 Å². The van der Waals surface area contributed by atoms with Gasteiger partial charge in [-0.1, -0.05) is 6.42 Å². The van der Waals surface area contributed by atoms with Gasteiger partial charge in [-0.15, -0.1) is 0 Å². The third-order valence-corrected chi connectivity index (χ3v) is 6.06. The molecule has 1 aliphatic carbocycles. The number of rotatable bonds is 3. The molecule has 0 aromatic carbocycles. The molecule has 3 aliphatic rings. The monoisotopic (exact) mass is 280 g/mol. The Labute approximate surface area is 122 Å². The van der Waals surface area contributed by atoms with Gasteiger partial charge in [-0.05, 0) is 45.6 Å². The molecule has 0 aromatic rings. The van der Waals surface area contributed by atoms with Crippen molar-refractivity contribution in [2.24, 2.45) is 5.92 Å². The highest BCUT2D eigenvalue weighted by Gasteiger charge is 2.46. The third kappa shape index (κ3) is 2.37. The van der Waals surface area contributed by atoms with Crippen LogP contribution in [0.1, 0.15) is 44.9 Å². The van der Waals surface area contributed by atoms with Crippen LogP contribution in [0.25, 0.3) is 0 Å². The summed E-state index contributed by atoms with van der Waals surface area (Å²) in [6.07, 6.45) is 8.27. The van der Waals surface area contributed by atoms with E-state index >= 15 is 0 Å². The maximum atomic E-state index is 12.3. The molecule has 1 atom stereocenters. The minimum absolute atomic E-state index is 0.333. The second-order valence-electron chi connectivity index (χ2n) is 6.94. The lowest BCUT2D eigenvalue weighted by atomic mass is 9.81. The predicted molar refractivity (Wildman–Crippen MR) is 78.5 cm³/mol. The summed E-state index contributed by atoms with van der Waals surface area (Å²) in [6.45, 7) is 2.75. The Morgan fingerprint density at radius 1 is 1.20 bits per heavy atom. The normalized spacial score (nSPS) is 30.7. The number of likely N-dealkylation sites (N-methyl/N-ethyl adjacent to an activating group) is 1. The molecule has 0 radical (unpaired) electrons. The number of amides is 1. The topological polar surface area (TPSA) is 32.8 Å². The maximum absolute atomic E-state index is 12.3. The number of hydrogen-bond acceptors (Lipinski definition) is 3. The van der Waals surface area contributed by atoms with E-state index in [1.165, 1.54) is 19.3 Å². The van der Waals surface area contributed by atoms with Gasteiger partial charge in [-0.2, -0.15) is 0 Å². The zero-order valence-electron chi connectivity index (χ0n) is 12.9. The first-order valence-electron chi connectivity index (χ1n) is 8.17. The van der Waals surface area contributed by atoms with E-state index in [-0.39, 0.29) is 0 Å². The molecule has 4 heteroatoms. The van der Waals surface area contributed by atoms with Crippen molar-refractivity contribution in [1.29, 1.82) is 0 Å². The molecule has 0 bridgehead atoms. The van der Waals surface area contributed by atoms with Gasteiger partial charge in [0.05, 0.1) is 6.61 Å². The number of nitrogens with zero attached hydrogens (tertiary/aromatic N) is 2. The van der Waals surface area contributed by atoms with E-state index in [9.17, 15) is 4.79 Å². The van der Waals surface area contributed by atoms with Gasteiger partial charge in [-0.25, -0.2) is 0 Å². The molecule has 1 amide bonds. The van der Waals surface area contributed by atoms with Crippen molar-refractivity contribution in [1.82, 2.24) is 9.80 Å². The highest BCUT2D eigenvalue weighted by molar-refractivity contribution is 5.79. The molecule has 3 rings (SSSR count).